The Morgan fingerprint density at radius 1 is 0.862 bits per heavy atom. The summed E-state index contributed by atoms with van der Waals surface area (Å²) < 4.78 is 29.6. The summed E-state index contributed by atoms with van der Waals surface area (Å²) in [6.45, 7) is 0. The lowest BCUT2D eigenvalue weighted by molar-refractivity contribution is 0.601. The normalized spacial score (nSPS) is 11.7. The minimum absolute atomic E-state index is 0.173. The molecule has 4 aromatic rings. The second kappa shape index (κ2) is 7.34. The van der Waals surface area contributed by atoms with E-state index in [2.05, 4.69) is 0 Å². The maximum atomic E-state index is 13.4. The molecule has 7 heteroatoms. The van der Waals surface area contributed by atoms with Crippen molar-refractivity contribution in [3.8, 4) is 22.5 Å². The van der Waals surface area contributed by atoms with E-state index >= 15 is 0 Å². The zero-order chi connectivity index (χ0) is 20.8. The fourth-order valence-electron chi connectivity index (χ4n) is 3.14. The molecule has 0 atom stereocenters. The molecule has 0 aliphatic heterocycles. The van der Waals surface area contributed by atoms with Crippen molar-refractivity contribution < 1.29 is 12.8 Å². The summed E-state index contributed by atoms with van der Waals surface area (Å²) in [6.07, 6.45) is 1.13. The molecule has 146 valence electrons. The highest BCUT2D eigenvalue weighted by Gasteiger charge is 2.21. The molecule has 0 aliphatic carbocycles. The van der Waals surface area contributed by atoms with Crippen molar-refractivity contribution in [3.05, 3.63) is 87.0 Å². The van der Waals surface area contributed by atoms with Crippen molar-refractivity contribution in [2.75, 3.05) is 6.26 Å². The molecule has 4 rings (SSSR count). The Morgan fingerprint density at radius 2 is 1.55 bits per heavy atom. The first-order valence-electron chi connectivity index (χ1n) is 8.58. The Hall–Kier alpha value is -2.60. The first kappa shape index (κ1) is 19.7. The van der Waals surface area contributed by atoms with Crippen molar-refractivity contribution in [1.82, 2.24) is 0 Å². The first-order chi connectivity index (χ1) is 13.8. The van der Waals surface area contributed by atoms with E-state index in [0.29, 0.717) is 27.1 Å². The number of sulfone groups is 1. The van der Waals surface area contributed by atoms with Crippen LogP contribution in [0.1, 0.15) is 0 Å². The van der Waals surface area contributed by atoms with Gasteiger partial charge in [-0.3, -0.25) is 4.79 Å². The minimum Gasteiger partial charge on any atom is -0.455 e. The van der Waals surface area contributed by atoms with Gasteiger partial charge in [0.1, 0.15) is 11.3 Å². The molecule has 0 saturated carbocycles. The van der Waals surface area contributed by atoms with Gasteiger partial charge in [0.15, 0.2) is 9.84 Å². The highest BCUT2D eigenvalue weighted by atomic mass is 35.5. The van der Waals surface area contributed by atoms with Gasteiger partial charge in [-0.25, -0.2) is 8.42 Å². The van der Waals surface area contributed by atoms with E-state index in [0.717, 1.165) is 6.26 Å². The van der Waals surface area contributed by atoms with Crippen LogP contribution in [0.4, 0.5) is 0 Å². The lowest BCUT2D eigenvalue weighted by Crippen LogP contribution is -2.08. The standard InChI is InChI=1S/C22H14Cl2O4S/c1-29(26,27)14-11-9-13(10-12-14)22-19(16-6-4-7-17(23)20(16)24)21(25)15-5-2-3-8-18(15)28-22/h2-12H,1H3. The first-order valence-corrected chi connectivity index (χ1v) is 11.2. The molecule has 0 saturated heterocycles. The average Bonchev–Trinajstić information content (AvgIpc) is 2.70. The van der Waals surface area contributed by atoms with Crippen LogP contribution in [0.3, 0.4) is 0 Å². The van der Waals surface area contributed by atoms with Gasteiger partial charge in [-0.1, -0.05) is 47.5 Å². The predicted molar refractivity (Wildman–Crippen MR) is 116 cm³/mol. The zero-order valence-electron chi connectivity index (χ0n) is 15.1. The molecule has 0 amide bonds. The topological polar surface area (TPSA) is 64.3 Å². The SMILES string of the molecule is CS(=O)(=O)c1ccc(-c2oc3ccccc3c(=O)c2-c2cccc(Cl)c2Cl)cc1. The van der Waals surface area contributed by atoms with E-state index in [1.54, 1.807) is 54.6 Å². The lowest BCUT2D eigenvalue weighted by Gasteiger charge is -2.12. The molecule has 0 radical (unpaired) electrons. The van der Waals surface area contributed by atoms with Gasteiger partial charge in [0.05, 0.1) is 25.9 Å². The Bertz CT molecular complexity index is 1410. The summed E-state index contributed by atoms with van der Waals surface area (Å²) in [5, 5.41) is 0.968. The fourth-order valence-corrected chi connectivity index (χ4v) is 4.17. The molecule has 29 heavy (non-hydrogen) atoms. The zero-order valence-corrected chi connectivity index (χ0v) is 17.5. The van der Waals surface area contributed by atoms with Gasteiger partial charge < -0.3 is 4.42 Å². The van der Waals surface area contributed by atoms with Gasteiger partial charge in [-0.2, -0.15) is 0 Å². The van der Waals surface area contributed by atoms with Gasteiger partial charge in [0.25, 0.3) is 0 Å². The molecular weight excluding hydrogens is 431 g/mol. The van der Waals surface area contributed by atoms with Crippen molar-refractivity contribution in [1.29, 1.82) is 0 Å². The molecule has 0 N–H and O–H groups in total. The van der Waals surface area contributed by atoms with Crippen LogP contribution in [0.2, 0.25) is 10.0 Å². The summed E-state index contributed by atoms with van der Waals surface area (Å²) >= 11 is 12.6. The maximum absolute atomic E-state index is 13.4. The van der Waals surface area contributed by atoms with Crippen LogP contribution in [-0.4, -0.2) is 14.7 Å². The summed E-state index contributed by atoms with van der Waals surface area (Å²) in [6, 6.07) is 18.1. The van der Waals surface area contributed by atoms with E-state index in [1.807, 2.05) is 0 Å². The van der Waals surface area contributed by atoms with E-state index in [4.69, 9.17) is 27.6 Å². The molecule has 3 aromatic carbocycles. The third-order valence-corrected chi connectivity index (χ3v) is 6.51. The van der Waals surface area contributed by atoms with Gasteiger partial charge in [-0.05, 0) is 42.5 Å². The number of rotatable bonds is 3. The van der Waals surface area contributed by atoms with Crippen molar-refractivity contribution in [3.63, 3.8) is 0 Å². The summed E-state index contributed by atoms with van der Waals surface area (Å²) in [7, 11) is -3.35. The molecule has 1 heterocycles. The average molecular weight is 445 g/mol. The van der Waals surface area contributed by atoms with Gasteiger partial charge in [0, 0.05) is 17.4 Å². The molecule has 0 aliphatic rings. The van der Waals surface area contributed by atoms with Crippen LogP contribution in [0.5, 0.6) is 0 Å². The van der Waals surface area contributed by atoms with Crippen molar-refractivity contribution in [2.45, 2.75) is 4.90 Å². The third-order valence-electron chi connectivity index (χ3n) is 4.56. The number of hydrogen-bond acceptors (Lipinski definition) is 4. The minimum atomic E-state index is -3.35. The highest BCUT2D eigenvalue weighted by molar-refractivity contribution is 7.90. The van der Waals surface area contributed by atoms with Crippen LogP contribution in [-0.2, 0) is 9.84 Å². The number of halogens is 2. The second-order valence-corrected chi connectivity index (χ2v) is 9.33. The van der Waals surface area contributed by atoms with E-state index in [9.17, 15) is 13.2 Å². The Balaban J connectivity index is 2.08. The molecule has 0 unspecified atom stereocenters. The maximum Gasteiger partial charge on any atom is 0.201 e. The Kier molecular flexibility index (Phi) is 4.99. The third kappa shape index (κ3) is 3.57. The Morgan fingerprint density at radius 3 is 2.24 bits per heavy atom. The second-order valence-electron chi connectivity index (χ2n) is 6.53. The number of fused-ring (bicyclic) bond motifs is 1. The molecule has 0 bridgehead atoms. The number of para-hydroxylation sites is 1. The quantitative estimate of drug-likeness (QED) is 0.398. The molecule has 0 fully saturated rings. The fraction of sp³-hybridized carbons (Fsp3) is 0.0455. The van der Waals surface area contributed by atoms with Crippen LogP contribution in [0.15, 0.2) is 80.8 Å². The predicted octanol–water partition coefficient (Wildman–Crippen LogP) is 5.84. The van der Waals surface area contributed by atoms with Crippen LogP contribution in [0.25, 0.3) is 33.4 Å². The highest BCUT2D eigenvalue weighted by Crippen LogP contribution is 2.38. The summed E-state index contributed by atoms with van der Waals surface area (Å²) in [5.41, 5.74) is 1.43. The number of hydrogen-bond donors (Lipinski definition) is 0. The molecule has 0 spiro atoms. The summed E-state index contributed by atoms with van der Waals surface area (Å²) in [4.78, 5) is 13.5. The monoisotopic (exact) mass is 444 g/mol. The van der Waals surface area contributed by atoms with Gasteiger partial charge >= 0.3 is 0 Å². The summed E-state index contributed by atoms with van der Waals surface area (Å²) in [5.74, 6) is 0.290. The van der Waals surface area contributed by atoms with Crippen LogP contribution >= 0.6 is 23.2 Å². The van der Waals surface area contributed by atoms with Gasteiger partial charge in [-0.15, -0.1) is 0 Å². The van der Waals surface area contributed by atoms with Crippen LogP contribution < -0.4 is 5.43 Å². The van der Waals surface area contributed by atoms with E-state index < -0.39 is 9.84 Å². The Labute approximate surface area is 177 Å². The largest absolute Gasteiger partial charge is 0.455 e. The van der Waals surface area contributed by atoms with Gasteiger partial charge in [0.2, 0.25) is 5.43 Å². The van der Waals surface area contributed by atoms with E-state index in [1.165, 1.54) is 12.1 Å². The number of benzene rings is 3. The molecular formula is C22H14Cl2O4S. The van der Waals surface area contributed by atoms with Crippen LogP contribution in [0, 0.1) is 0 Å². The molecule has 1 aromatic heterocycles. The lowest BCUT2D eigenvalue weighted by atomic mass is 9.98. The van der Waals surface area contributed by atoms with Crippen molar-refractivity contribution in [2.24, 2.45) is 0 Å². The van der Waals surface area contributed by atoms with Crippen molar-refractivity contribution >= 4 is 44.0 Å². The molecule has 4 nitrogen and oxygen atoms in total. The smallest absolute Gasteiger partial charge is 0.201 e. The van der Waals surface area contributed by atoms with E-state index in [-0.39, 0.29) is 26.7 Å².